The molecular formula is C8H2F4INO. The van der Waals surface area contributed by atoms with Gasteiger partial charge >= 0.3 is 6.18 Å². The molecule has 0 N–H and O–H groups in total. The maximum atomic E-state index is 13.0. The Balaban J connectivity index is 3.48. The van der Waals surface area contributed by atoms with Crippen molar-refractivity contribution in [2.75, 3.05) is 0 Å². The smallest absolute Gasteiger partial charge is 0.211 e. The Kier molecular flexibility index (Phi) is 3.46. The van der Waals surface area contributed by atoms with Crippen molar-refractivity contribution in [3.8, 4) is 0 Å². The summed E-state index contributed by atoms with van der Waals surface area (Å²) in [6.45, 7) is 0. The summed E-state index contributed by atoms with van der Waals surface area (Å²) in [5, 5.41) is 0. The first-order valence-electron chi connectivity index (χ1n) is 3.51. The van der Waals surface area contributed by atoms with Gasteiger partial charge in [0.25, 0.3) is 0 Å². The molecule has 0 saturated heterocycles. The molecule has 0 saturated carbocycles. The Hall–Kier alpha value is -0.950. The molecule has 0 heterocycles. The average Bonchev–Trinajstić information content (AvgIpc) is 2.09. The fourth-order valence-corrected chi connectivity index (χ4v) is 1.77. The minimum absolute atomic E-state index is 0.455. The van der Waals surface area contributed by atoms with Crippen LogP contribution in [0.15, 0.2) is 17.1 Å². The Labute approximate surface area is 95.1 Å². The molecular weight excluding hydrogens is 329 g/mol. The predicted molar refractivity (Wildman–Crippen MR) is 51.9 cm³/mol. The molecule has 7 heteroatoms. The normalized spacial score (nSPS) is 11.0. The van der Waals surface area contributed by atoms with Crippen molar-refractivity contribution in [2.45, 2.75) is 6.18 Å². The van der Waals surface area contributed by atoms with Gasteiger partial charge in [0, 0.05) is 0 Å². The van der Waals surface area contributed by atoms with E-state index >= 15 is 0 Å². The fourth-order valence-electron chi connectivity index (χ4n) is 0.908. The van der Waals surface area contributed by atoms with E-state index in [4.69, 9.17) is 0 Å². The number of hydrogen-bond acceptors (Lipinski definition) is 2. The van der Waals surface area contributed by atoms with Crippen LogP contribution in [0.5, 0.6) is 0 Å². The molecule has 0 amide bonds. The number of benzene rings is 1. The molecule has 0 unspecified atom stereocenters. The molecule has 0 spiro atoms. The molecule has 2 nitrogen and oxygen atoms in total. The minimum Gasteiger partial charge on any atom is -0.211 e. The standard InChI is InChI=1S/C8H2F4INO/c9-5-2-1-4(8(10,11)12)6(13)7(5)14-3-15/h1-2H. The van der Waals surface area contributed by atoms with Gasteiger partial charge in [0.1, 0.15) is 5.69 Å². The van der Waals surface area contributed by atoms with Crippen LogP contribution in [0, 0.1) is 9.39 Å². The number of halogens is 5. The van der Waals surface area contributed by atoms with Gasteiger partial charge in [0.05, 0.1) is 9.13 Å². The molecule has 0 bridgehead atoms. The third-order valence-electron chi connectivity index (χ3n) is 1.53. The van der Waals surface area contributed by atoms with E-state index in [-0.39, 0.29) is 0 Å². The van der Waals surface area contributed by atoms with Gasteiger partial charge in [-0.3, -0.25) is 0 Å². The zero-order valence-corrected chi connectivity index (χ0v) is 9.06. The zero-order chi connectivity index (χ0) is 11.6. The van der Waals surface area contributed by atoms with Gasteiger partial charge in [0.15, 0.2) is 5.82 Å². The highest BCUT2D eigenvalue weighted by atomic mass is 127. The SMILES string of the molecule is O=C=Nc1c(F)ccc(C(F)(F)F)c1I. The second-order valence-electron chi connectivity index (χ2n) is 2.46. The molecule has 15 heavy (non-hydrogen) atoms. The van der Waals surface area contributed by atoms with Crippen molar-refractivity contribution in [3.05, 3.63) is 27.1 Å². The predicted octanol–water partition coefficient (Wildman–Crippen LogP) is 3.42. The largest absolute Gasteiger partial charge is 0.417 e. The van der Waals surface area contributed by atoms with Crippen LogP contribution in [0.2, 0.25) is 0 Å². The molecule has 1 rings (SSSR count). The van der Waals surface area contributed by atoms with Crippen LogP contribution >= 0.6 is 22.6 Å². The van der Waals surface area contributed by atoms with Crippen LogP contribution in [0.25, 0.3) is 0 Å². The van der Waals surface area contributed by atoms with E-state index in [0.717, 1.165) is 6.08 Å². The number of aliphatic imine (C=N–C) groups is 1. The summed E-state index contributed by atoms with van der Waals surface area (Å²) in [4.78, 5) is 12.8. The second-order valence-corrected chi connectivity index (χ2v) is 3.54. The lowest BCUT2D eigenvalue weighted by atomic mass is 10.2. The highest BCUT2D eigenvalue weighted by molar-refractivity contribution is 14.1. The number of rotatable bonds is 1. The van der Waals surface area contributed by atoms with E-state index < -0.39 is 26.8 Å². The number of carbonyl (C=O) groups excluding carboxylic acids is 1. The summed E-state index contributed by atoms with van der Waals surface area (Å²) in [6.07, 6.45) is -3.59. The summed E-state index contributed by atoms with van der Waals surface area (Å²) < 4.78 is 49.5. The summed E-state index contributed by atoms with van der Waals surface area (Å²) >= 11 is 1.28. The van der Waals surface area contributed by atoms with Gasteiger partial charge in [-0.2, -0.15) is 18.2 Å². The van der Waals surface area contributed by atoms with Gasteiger partial charge in [-0.15, -0.1) is 0 Å². The number of alkyl halides is 3. The molecule has 80 valence electrons. The van der Waals surface area contributed by atoms with Crippen LogP contribution in [-0.4, -0.2) is 6.08 Å². The second kappa shape index (κ2) is 4.28. The van der Waals surface area contributed by atoms with E-state index in [1.807, 2.05) is 0 Å². The molecule has 0 atom stereocenters. The molecule has 0 aliphatic heterocycles. The summed E-state index contributed by atoms with van der Waals surface area (Å²) in [5.41, 5.74) is -1.67. The molecule has 1 aromatic rings. The van der Waals surface area contributed by atoms with E-state index in [1.165, 1.54) is 22.6 Å². The first-order valence-corrected chi connectivity index (χ1v) is 4.59. The van der Waals surface area contributed by atoms with Crippen molar-refractivity contribution < 1.29 is 22.4 Å². The molecule has 0 radical (unpaired) electrons. The maximum absolute atomic E-state index is 13.0. The van der Waals surface area contributed by atoms with Gasteiger partial charge < -0.3 is 0 Å². The third kappa shape index (κ3) is 2.54. The Morgan fingerprint density at radius 1 is 1.33 bits per heavy atom. The monoisotopic (exact) mass is 331 g/mol. The lowest BCUT2D eigenvalue weighted by Gasteiger charge is -2.10. The molecule has 0 aliphatic carbocycles. The fraction of sp³-hybridized carbons (Fsp3) is 0.125. The van der Waals surface area contributed by atoms with Crippen LogP contribution in [0.3, 0.4) is 0 Å². The van der Waals surface area contributed by atoms with Crippen molar-refractivity contribution in [2.24, 2.45) is 4.99 Å². The first kappa shape index (κ1) is 12.1. The van der Waals surface area contributed by atoms with Crippen LogP contribution in [0.4, 0.5) is 23.2 Å². The lowest BCUT2D eigenvalue weighted by Crippen LogP contribution is -2.07. The zero-order valence-electron chi connectivity index (χ0n) is 6.90. The van der Waals surface area contributed by atoms with Crippen molar-refractivity contribution >= 4 is 34.4 Å². The number of nitrogens with zero attached hydrogens (tertiary/aromatic N) is 1. The summed E-state index contributed by atoms with van der Waals surface area (Å²) in [6, 6.07) is 1.21. The first-order chi connectivity index (χ1) is 6.88. The van der Waals surface area contributed by atoms with E-state index in [1.54, 1.807) is 0 Å². The maximum Gasteiger partial charge on any atom is 0.417 e. The average molecular weight is 331 g/mol. The highest BCUT2D eigenvalue weighted by Gasteiger charge is 2.34. The number of hydrogen-bond donors (Lipinski definition) is 0. The van der Waals surface area contributed by atoms with Crippen molar-refractivity contribution in [3.63, 3.8) is 0 Å². The highest BCUT2D eigenvalue weighted by Crippen LogP contribution is 2.37. The Morgan fingerprint density at radius 2 is 1.93 bits per heavy atom. The van der Waals surface area contributed by atoms with Crippen LogP contribution in [0.1, 0.15) is 5.56 Å². The summed E-state index contributed by atoms with van der Waals surface area (Å²) in [5.74, 6) is -0.990. The Bertz CT molecular complexity index is 437. The van der Waals surface area contributed by atoms with Gasteiger partial charge in [-0.1, -0.05) is 0 Å². The van der Waals surface area contributed by atoms with Crippen molar-refractivity contribution in [1.29, 1.82) is 0 Å². The van der Waals surface area contributed by atoms with Gasteiger partial charge in [-0.25, -0.2) is 9.18 Å². The minimum atomic E-state index is -4.60. The van der Waals surface area contributed by atoms with Crippen molar-refractivity contribution in [1.82, 2.24) is 0 Å². The molecule has 0 fully saturated rings. The third-order valence-corrected chi connectivity index (χ3v) is 2.62. The molecule has 1 aromatic carbocycles. The van der Waals surface area contributed by atoms with Gasteiger partial charge in [-0.05, 0) is 34.7 Å². The van der Waals surface area contributed by atoms with E-state index in [9.17, 15) is 22.4 Å². The Morgan fingerprint density at radius 3 is 2.40 bits per heavy atom. The van der Waals surface area contributed by atoms with E-state index in [0.29, 0.717) is 12.1 Å². The quantitative estimate of drug-likeness (QED) is 0.336. The topological polar surface area (TPSA) is 29.4 Å². The van der Waals surface area contributed by atoms with Gasteiger partial charge in [0.2, 0.25) is 6.08 Å². The van der Waals surface area contributed by atoms with E-state index in [2.05, 4.69) is 4.99 Å². The lowest BCUT2D eigenvalue weighted by molar-refractivity contribution is -0.138. The van der Waals surface area contributed by atoms with Crippen LogP contribution < -0.4 is 0 Å². The molecule has 0 aromatic heterocycles. The molecule has 0 aliphatic rings. The van der Waals surface area contributed by atoms with Crippen LogP contribution in [-0.2, 0) is 11.0 Å². The summed E-state index contributed by atoms with van der Waals surface area (Å²) in [7, 11) is 0. The number of isocyanates is 1.